The molecule has 158 valence electrons. The molecule has 2 fully saturated rings. The molecule has 4 rings (SSSR count). The lowest BCUT2D eigenvalue weighted by Gasteiger charge is -2.36. The molecule has 2 aliphatic rings. The Morgan fingerprint density at radius 3 is 2.10 bits per heavy atom. The number of halogens is 1. The van der Waals surface area contributed by atoms with Crippen LogP contribution in [0, 0.1) is 6.92 Å². The quantitative estimate of drug-likeness (QED) is 0.672. The van der Waals surface area contributed by atoms with Gasteiger partial charge >= 0.3 is 0 Å². The normalized spacial score (nSPS) is 21.4. The molecule has 2 aliphatic heterocycles. The van der Waals surface area contributed by atoms with Gasteiger partial charge in [0.05, 0.1) is 23.0 Å². The van der Waals surface area contributed by atoms with Crippen molar-refractivity contribution in [3.63, 3.8) is 0 Å². The van der Waals surface area contributed by atoms with Crippen LogP contribution in [-0.4, -0.2) is 61.7 Å². The van der Waals surface area contributed by atoms with Crippen molar-refractivity contribution in [3.8, 4) is 0 Å². The Balaban J connectivity index is 1.44. The van der Waals surface area contributed by atoms with Crippen LogP contribution in [0.5, 0.6) is 0 Å². The van der Waals surface area contributed by atoms with E-state index in [-0.39, 0.29) is 36.2 Å². The van der Waals surface area contributed by atoms with E-state index in [1.165, 1.54) is 9.21 Å². The third-order valence-corrected chi connectivity index (χ3v) is 7.75. The molecular weight excluding hydrogens is 426 g/mol. The summed E-state index contributed by atoms with van der Waals surface area (Å²) in [5.74, 6) is -0.542. The average molecular weight is 448 g/mol. The standard InChI is InChI=1S/C21H22ClN3O4S/c1-15-2-8-18(9-3-15)30(28,29)24-12-10-23(11-13-24)19-14-20(26)25(21(19)27)17-6-4-16(22)5-7-17/h2-9,19H,10-14H2,1H3/t19-/m1/s1. The molecule has 2 saturated heterocycles. The lowest BCUT2D eigenvalue weighted by molar-refractivity contribution is -0.123. The summed E-state index contributed by atoms with van der Waals surface area (Å²) in [6.45, 7) is 3.24. The second-order valence-corrected chi connectivity index (χ2v) is 9.89. The summed E-state index contributed by atoms with van der Waals surface area (Å²) in [6.07, 6.45) is 0.0895. The van der Waals surface area contributed by atoms with Crippen LogP contribution in [0.25, 0.3) is 0 Å². The van der Waals surface area contributed by atoms with Crippen molar-refractivity contribution in [2.75, 3.05) is 31.1 Å². The minimum atomic E-state index is -3.58. The van der Waals surface area contributed by atoms with Gasteiger partial charge < -0.3 is 0 Å². The van der Waals surface area contributed by atoms with Gasteiger partial charge in [0.15, 0.2) is 0 Å². The Morgan fingerprint density at radius 1 is 0.900 bits per heavy atom. The van der Waals surface area contributed by atoms with Crippen LogP contribution >= 0.6 is 11.6 Å². The Bertz CT molecular complexity index is 1060. The van der Waals surface area contributed by atoms with Crippen molar-refractivity contribution in [1.29, 1.82) is 0 Å². The van der Waals surface area contributed by atoms with E-state index in [9.17, 15) is 18.0 Å². The maximum atomic E-state index is 12.9. The van der Waals surface area contributed by atoms with Gasteiger partial charge in [0.2, 0.25) is 15.9 Å². The summed E-state index contributed by atoms with van der Waals surface area (Å²) in [6, 6.07) is 12.8. The smallest absolute Gasteiger partial charge is 0.251 e. The number of piperazine rings is 1. The molecule has 0 unspecified atom stereocenters. The van der Waals surface area contributed by atoms with Gasteiger partial charge in [-0.3, -0.25) is 14.5 Å². The molecule has 2 heterocycles. The predicted molar refractivity (Wildman–Crippen MR) is 114 cm³/mol. The first-order chi connectivity index (χ1) is 14.3. The molecular formula is C21H22ClN3O4S. The number of sulfonamides is 1. The molecule has 0 aromatic heterocycles. The van der Waals surface area contributed by atoms with E-state index >= 15 is 0 Å². The number of benzene rings is 2. The summed E-state index contributed by atoms with van der Waals surface area (Å²) in [5, 5.41) is 0.528. The molecule has 7 nitrogen and oxygen atoms in total. The monoisotopic (exact) mass is 447 g/mol. The zero-order valence-electron chi connectivity index (χ0n) is 16.5. The van der Waals surface area contributed by atoms with E-state index in [0.717, 1.165) is 5.56 Å². The van der Waals surface area contributed by atoms with Crippen molar-refractivity contribution >= 4 is 39.1 Å². The van der Waals surface area contributed by atoms with Crippen molar-refractivity contribution < 1.29 is 18.0 Å². The van der Waals surface area contributed by atoms with Crippen molar-refractivity contribution in [2.45, 2.75) is 24.3 Å². The van der Waals surface area contributed by atoms with Crippen LogP contribution in [-0.2, 0) is 19.6 Å². The highest BCUT2D eigenvalue weighted by molar-refractivity contribution is 7.89. The number of imide groups is 1. The lowest BCUT2D eigenvalue weighted by atomic mass is 10.2. The van der Waals surface area contributed by atoms with Gasteiger partial charge in [0, 0.05) is 31.2 Å². The van der Waals surface area contributed by atoms with E-state index in [4.69, 9.17) is 11.6 Å². The fraction of sp³-hybridized carbons (Fsp3) is 0.333. The number of nitrogens with zero attached hydrogens (tertiary/aromatic N) is 3. The summed E-state index contributed by atoms with van der Waals surface area (Å²) in [4.78, 5) is 28.8. The lowest BCUT2D eigenvalue weighted by Crippen LogP contribution is -2.53. The van der Waals surface area contributed by atoms with Gasteiger partial charge in [0.1, 0.15) is 0 Å². The molecule has 2 aromatic rings. The van der Waals surface area contributed by atoms with E-state index in [0.29, 0.717) is 23.8 Å². The molecule has 2 aromatic carbocycles. The zero-order valence-corrected chi connectivity index (χ0v) is 18.1. The third kappa shape index (κ3) is 3.88. The maximum absolute atomic E-state index is 12.9. The molecule has 0 bridgehead atoms. The number of aryl methyl sites for hydroxylation is 1. The topological polar surface area (TPSA) is 78.0 Å². The Hall–Kier alpha value is -2.26. The van der Waals surface area contributed by atoms with E-state index in [1.807, 2.05) is 11.8 Å². The third-order valence-electron chi connectivity index (χ3n) is 5.58. The Morgan fingerprint density at radius 2 is 1.50 bits per heavy atom. The molecule has 2 amide bonds. The number of rotatable bonds is 4. The second-order valence-electron chi connectivity index (χ2n) is 7.52. The first-order valence-corrected chi connectivity index (χ1v) is 11.5. The molecule has 0 radical (unpaired) electrons. The first-order valence-electron chi connectivity index (χ1n) is 9.70. The largest absolute Gasteiger partial charge is 0.289 e. The predicted octanol–water partition coefficient (Wildman–Crippen LogP) is 2.29. The zero-order chi connectivity index (χ0) is 21.5. The molecule has 1 atom stereocenters. The fourth-order valence-electron chi connectivity index (χ4n) is 3.88. The number of carbonyl (C=O) groups excluding carboxylic acids is 2. The molecule has 0 saturated carbocycles. The highest BCUT2D eigenvalue weighted by Gasteiger charge is 2.44. The molecule has 9 heteroatoms. The molecule has 0 aliphatic carbocycles. The summed E-state index contributed by atoms with van der Waals surface area (Å²) < 4.78 is 27.2. The Kier molecular flexibility index (Phi) is 5.67. The van der Waals surface area contributed by atoms with Crippen molar-refractivity contribution in [2.24, 2.45) is 0 Å². The van der Waals surface area contributed by atoms with Gasteiger partial charge in [-0.25, -0.2) is 13.3 Å². The number of amides is 2. The Labute approximate surface area is 180 Å². The summed E-state index contributed by atoms with van der Waals surface area (Å²) >= 11 is 5.89. The van der Waals surface area contributed by atoms with Gasteiger partial charge in [-0.05, 0) is 43.3 Å². The van der Waals surface area contributed by atoms with E-state index < -0.39 is 16.1 Å². The molecule has 0 spiro atoms. The fourth-order valence-corrected chi connectivity index (χ4v) is 5.43. The first kappa shape index (κ1) is 21.0. The van der Waals surface area contributed by atoms with Gasteiger partial charge in [-0.15, -0.1) is 0 Å². The van der Waals surface area contributed by atoms with Crippen LogP contribution in [0.2, 0.25) is 5.02 Å². The summed E-state index contributed by atoms with van der Waals surface area (Å²) in [5.41, 5.74) is 1.49. The van der Waals surface area contributed by atoms with Crippen LogP contribution in [0.15, 0.2) is 53.4 Å². The van der Waals surface area contributed by atoms with E-state index in [1.54, 1.807) is 48.5 Å². The van der Waals surface area contributed by atoms with Gasteiger partial charge in [0.25, 0.3) is 5.91 Å². The number of anilines is 1. The van der Waals surface area contributed by atoms with Crippen molar-refractivity contribution in [3.05, 3.63) is 59.1 Å². The van der Waals surface area contributed by atoms with Crippen LogP contribution in [0.4, 0.5) is 5.69 Å². The van der Waals surface area contributed by atoms with E-state index in [2.05, 4.69) is 0 Å². The molecule has 0 N–H and O–H groups in total. The average Bonchev–Trinajstić information content (AvgIpc) is 3.03. The second kappa shape index (κ2) is 8.11. The van der Waals surface area contributed by atoms with Crippen LogP contribution < -0.4 is 4.90 Å². The minimum Gasteiger partial charge on any atom is -0.289 e. The highest BCUT2D eigenvalue weighted by Crippen LogP contribution is 2.28. The van der Waals surface area contributed by atoms with Crippen LogP contribution in [0.3, 0.4) is 0 Å². The number of carbonyl (C=O) groups is 2. The van der Waals surface area contributed by atoms with Gasteiger partial charge in [-0.1, -0.05) is 29.3 Å². The van der Waals surface area contributed by atoms with Crippen LogP contribution in [0.1, 0.15) is 12.0 Å². The number of hydrogen-bond donors (Lipinski definition) is 0. The molecule has 30 heavy (non-hydrogen) atoms. The summed E-state index contributed by atoms with van der Waals surface area (Å²) in [7, 11) is -3.58. The number of hydrogen-bond acceptors (Lipinski definition) is 5. The van der Waals surface area contributed by atoms with Crippen molar-refractivity contribution in [1.82, 2.24) is 9.21 Å². The van der Waals surface area contributed by atoms with Gasteiger partial charge in [-0.2, -0.15) is 4.31 Å². The SMILES string of the molecule is Cc1ccc(S(=O)(=O)N2CCN([C@@H]3CC(=O)N(c4ccc(Cl)cc4)C3=O)CC2)cc1. The minimum absolute atomic E-state index is 0.0895. The highest BCUT2D eigenvalue weighted by atomic mass is 35.5. The maximum Gasteiger partial charge on any atom is 0.251 e.